The van der Waals surface area contributed by atoms with Crippen LogP contribution in [0.15, 0.2) is 29.3 Å². The molecular formula is C9H11ClN2. The normalized spacial score (nSPS) is 9.42. The van der Waals surface area contributed by atoms with Gasteiger partial charge in [0.2, 0.25) is 0 Å². The smallest absolute Gasteiger partial charge is 0.0637 e. The lowest BCUT2D eigenvalue weighted by molar-refractivity contribution is 1.03. The fourth-order valence-electron chi connectivity index (χ4n) is 0.874. The molecule has 0 saturated heterocycles. The Morgan fingerprint density at radius 3 is 2.83 bits per heavy atom. The molecule has 0 atom stereocenters. The summed E-state index contributed by atoms with van der Waals surface area (Å²) in [6.07, 6.45) is 0. The lowest BCUT2D eigenvalue weighted by Gasteiger charge is -2.05. The number of hydrogen-bond donors (Lipinski definition) is 1. The summed E-state index contributed by atoms with van der Waals surface area (Å²) < 4.78 is 0. The standard InChI is InChI=1S/C9H11ClN2/c1-11-6-7-12-9-5-3-2-4-8(9)10/h2-5,12H,1,6-7H2. The molecule has 1 aromatic carbocycles. The molecule has 3 heteroatoms. The molecular weight excluding hydrogens is 172 g/mol. The molecule has 0 amide bonds. The molecule has 1 rings (SSSR count). The Balaban J connectivity index is 2.51. The number of aliphatic imine (C=N–C) groups is 1. The highest BCUT2D eigenvalue weighted by Crippen LogP contribution is 2.19. The minimum absolute atomic E-state index is 0.700. The van der Waals surface area contributed by atoms with Crippen molar-refractivity contribution in [1.29, 1.82) is 0 Å². The van der Waals surface area contributed by atoms with Crippen LogP contribution in [0.4, 0.5) is 5.69 Å². The predicted molar refractivity (Wildman–Crippen MR) is 54.4 cm³/mol. The predicted octanol–water partition coefficient (Wildman–Crippen LogP) is 2.45. The molecule has 0 unspecified atom stereocenters. The maximum Gasteiger partial charge on any atom is 0.0637 e. The van der Waals surface area contributed by atoms with Crippen LogP contribution in [0, 0.1) is 0 Å². The van der Waals surface area contributed by atoms with Gasteiger partial charge in [-0.3, -0.25) is 4.99 Å². The Bertz CT molecular complexity index is 260. The van der Waals surface area contributed by atoms with Gasteiger partial charge in [0.1, 0.15) is 0 Å². The maximum absolute atomic E-state index is 5.89. The number of halogens is 1. The summed E-state index contributed by atoms with van der Waals surface area (Å²) >= 11 is 5.89. The van der Waals surface area contributed by atoms with Gasteiger partial charge in [-0.25, -0.2) is 0 Å². The summed E-state index contributed by atoms with van der Waals surface area (Å²) in [6.45, 7) is 4.86. The first-order chi connectivity index (χ1) is 5.84. The molecule has 0 spiro atoms. The van der Waals surface area contributed by atoms with Gasteiger partial charge in [-0.2, -0.15) is 0 Å². The topological polar surface area (TPSA) is 24.4 Å². The summed E-state index contributed by atoms with van der Waals surface area (Å²) in [6, 6.07) is 7.63. The van der Waals surface area contributed by atoms with Crippen LogP contribution in [0.1, 0.15) is 0 Å². The lowest BCUT2D eigenvalue weighted by Crippen LogP contribution is -2.04. The van der Waals surface area contributed by atoms with Crippen LogP contribution in [0.5, 0.6) is 0 Å². The van der Waals surface area contributed by atoms with E-state index in [0.717, 1.165) is 17.3 Å². The number of anilines is 1. The van der Waals surface area contributed by atoms with Gasteiger partial charge in [0.05, 0.1) is 17.3 Å². The molecule has 0 aliphatic rings. The van der Waals surface area contributed by atoms with Crippen molar-refractivity contribution >= 4 is 24.0 Å². The van der Waals surface area contributed by atoms with Crippen LogP contribution in [0.25, 0.3) is 0 Å². The van der Waals surface area contributed by atoms with E-state index < -0.39 is 0 Å². The first kappa shape index (κ1) is 9.07. The third-order valence-electron chi connectivity index (χ3n) is 1.46. The van der Waals surface area contributed by atoms with Crippen molar-refractivity contribution in [2.24, 2.45) is 4.99 Å². The average molecular weight is 183 g/mol. The highest BCUT2D eigenvalue weighted by molar-refractivity contribution is 6.33. The molecule has 0 fully saturated rings. The van der Waals surface area contributed by atoms with Crippen LogP contribution in [-0.2, 0) is 0 Å². The second-order valence-corrected chi connectivity index (χ2v) is 2.76. The monoisotopic (exact) mass is 182 g/mol. The van der Waals surface area contributed by atoms with Gasteiger partial charge in [0, 0.05) is 6.54 Å². The Hall–Kier alpha value is -1.02. The van der Waals surface area contributed by atoms with Crippen LogP contribution in [-0.4, -0.2) is 19.8 Å². The van der Waals surface area contributed by atoms with Crippen LogP contribution < -0.4 is 5.32 Å². The van der Waals surface area contributed by atoms with Crippen molar-refractivity contribution in [2.45, 2.75) is 0 Å². The average Bonchev–Trinajstić information content (AvgIpc) is 2.09. The van der Waals surface area contributed by atoms with E-state index in [2.05, 4.69) is 17.0 Å². The molecule has 12 heavy (non-hydrogen) atoms. The molecule has 2 nitrogen and oxygen atoms in total. The SMILES string of the molecule is C=NCCNc1ccccc1Cl. The van der Waals surface area contributed by atoms with Gasteiger partial charge in [0.15, 0.2) is 0 Å². The zero-order chi connectivity index (χ0) is 8.81. The van der Waals surface area contributed by atoms with Gasteiger partial charge in [-0.15, -0.1) is 0 Å². The zero-order valence-electron chi connectivity index (χ0n) is 6.76. The minimum atomic E-state index is 0.700. The number of nitrogens with one attached hydrogen (secondary N) is 1. The summed E-state index contributed by atoms with van der Waals surface area (Å²) in [7, 11) is 0. The van der Waals surface area contributed by atoms with E-state index in [1.165, 1.54) is 0 Å². The number of hydrogen-bond acceptors (Lipinski definition) is 2. The van der Waals surface area contributed by atoms with Crippen molar-refractivity contribution < 1.29 is 0 Å². The van der Waals surface area contributed by atoms with Gasteiger partial charge >= 0.3 is 0 Å². The Morgan fingerprint density at radius 1 is 1.42 bits per heavy atom. The summed E-state index contributed by atoms with van der Waals surface area (Å²) in [5.74, 6) is 0. The van der Waals surface area contributed by atoms with E-state index in [1.54, 1.807) is 0 Å². The molecule has 0 saturated carbocycles. The van der Waals surface area contributed by atoms with Crippen LogP contribution in [0.2, 0.25) is 5.02 Å². The van der Waals surface area contributed by atoms with Crippen molar-refractivity contribution in [1.82, 2.24) is 0 Å². The van der Waals surface area contributed by atoms with Crippen molar-refractivity contribution in [2.75, 3.05) is 18.4 Å². The summed E-state index contributed by atoms with van der Waals surface area (Å²) in [4.78, 5) is 3.72. The molecule has 0 aliphatic heterocycles. The number of para-hydroxylation sites is 1. The highest BCUT2D eigenvalue weighted by Gasteiger charge is 1.94. The van der Waals surface area contributed by atoms with Gasteiger partial charge in [0.25, 0.3) is 0 Å². The lowest BCUT2D eigenvalue weighted by atomic mass is 10.3. The van der Waals surface area contributed by atoms with E-state index in [-0.39, 0.29) is 0 Å². The first-order valence-corrected chi connectivity index (χ1v) is 4.13. The molecule has 0 radical (unpaired) electrons. The molecule has 0 bridgehead atoms. The van der Waals surface area contributed by atoms with Gasteiger partial charge < -0.3 is 5.32 Å². The number of nitrogens with zero attached hydrogens (tertiary/aromatic N) is 1. The van der Waals surface area contributed by atoms with Gasteiger partial charge in [-0.05, 0) is 18.9 Å². The molecule has 0 heterocycles. The van der Waals surface area contributed by atoms with E-state index >= 15 is 0 Å². The van der Waals surface area contributed by atoms with Crippen molar-refractivity contribution in [3.8, 4) is 0 Å². The van der Waals surface area contributed by atoms with Crippen molar-refractivity contribution in [3.05, 3.63) is 29.3 Å². The number of benzene rings is 1. The molecule has 1 aromatic rings. The highest BCUT2D eigenvalue weighted by atomic mass is 35.5. The van der Waals surface area contributed by atoms with Crippen LogP contribution >= 0.6 is 11.6 Å². The van der Waals surface area contributed by atoms with E-state index in [0.29, 0.717) is 6.54 Å². The molecule has 0 aromatic heterocycles. The molecule has 1 N–H and O–H groups in total. The van der Waals surface area contributed by atoms with Crippen molar-refractivity contribution in [3.63, 3.8) is 0 Å². The fourth-order valence-corrected chi connectivity index (χ4v) is 1.08. The molecule has 0 aliphatic carbocycles. The largest absolute Gasteiger partial charge is 0.382 e. The minimum Gasteiger partial charge on any atom is -0.382 e. The second kappa shape index (κ2) is 4.78. The Morgan fingerprint density at radius 2 is 2.17 bits per heavy atom. The van der Waals surface area contributed by atoms with E-state index in [4.69, 9.17) is 11.6 Å². The van der Waals surface area contributed by atoms with E-state index in [9.17, 15) is 0 Å². The quantitative estimate of drug-likeness (QED) is 0.562. The Labute approximate surface area is 77.3 Å². The maximum atomic E-state index is 5.89. The third-order valence-corrected chi connectivity index (χ3v) is 1.79. The van der Waals surface area contributed by atoms with E-state index in [1.807, 2.05) is 24.3 Å². The third kappa shape index (κ3) is 2.55. The summed E-state index contributed by atoms with van der Waals surface area (Å²) in [5, 5.41) is 3.89. The molecule has 64 valence electrons. The second-order valence-electron chi connectivity index (χ2n) is 2.35. The fraction of sp³-hybridized carbons (Fsp3) is 0.222. The Kier molecular flexibility index (Phi) is 3.61. The zero-order valence-corrected chi connectivity index (χ0v) is 7.51. The summed E-state index contributed by atoms with van der Waals surface area (Å²) in [5.41, 5.74) is 0.947. The van der Waals surface area contributed by atoms with Gasteiger partial charge in [-0.1, -0.05) is 23.7 Å². The number of rotatable bonds is 4. The first-order valence-electron chi connectivity index (χ1n) is 3.75. The van der Waals surface area contributed by atoms with Crippen LogP contribution in [0.3, 0.4) is 0 Å².